The highest BCUT2D eigenvalue weighted by molar-refractivity contribution is 7.92. The summed E-state index contributed by atoms with van der Waals surface area (Å²) >= 11 is 0. The molecule has 0 saturated heterocycles. The molecule has 1 N–H and O–H groups in total. The Kier molecular flexibility index (Phi) is 5.07. The largest absolute Gasteiger partial charge is 0.325 e. The molecule has 5 nitrogen and oxygen atoms in total. The molecule has 0 radical (unpaired) electrons. The van der Waals surface area contributed by atoms with E-state index in [1.54, 1.807) is 18.2 Å². The minimum Gasteiger partial charge on any atom is -0.325 e. The lowest BCUT2D eigenvalue weighted by Gasteiger charge is -2.12. The Bertz CT molecular complexity index is 585. The summed E-state index contributed by atoms with van der Waals surface area (Å²) in [6, 6.07) is 8.83. The molecule has 19 heavy (non-hydrogen) atoms. The van der Waals surface area contributed by atoms with Gasteiger partial charge in [0.05, 0.1) is 11.8 Å². The number of carbonyl (C=O) groups is 1. The monoisotopic (exact) mass is 280 g/mol. The third kappa shape index (κ3) is 4.38. The second-order valence-corrected chi connectivity index (χ2v) is 6.71. The molecule has 0 bridgehead atoms. The lowest BCUT2D eigenvalue weighted by molar-refractivity contribution is -0.115. The quantitative estimate of drug-likeness (QED) is 0.888. The predicted molar refractivity (Wildman–Crippen MR) is 73.3 cm³/mol. The van der Waals surface area contributed by atoms with E-state index in [2.05, 4.69) is 5.32 Å². The maximum absolute atomic E-state index is 11.8. The zero-order chi connectivity index (χ0) is 14.5. The lowest BCUT2D eigenvalue weighted by atomic mass is 10.2. The second kappa shape index (κ2) is 6.34. The molecule has 0 fully saturated rings. The molecular formula is C13H16N2O3S. The third-order valence-corrected chi connectivity index (χ3v) is 4.79. The van der Waals surface area contributed by atoms with Gasteiger partial charge in [-0.1, -0.05) is 17.7 Å². The van der Waals surface area contributed by atoms with Crippen molar-refractivity contribution in [1.29, 1.82) is 5.26 Å². The Morgan fingerprint density at radius 2 is 1.95 bits per heavy atom. The highest BCUT2D eigenvalue weighted by Gasteiger charge is 2.27. The van der Waals surface area contributed by atoms with Crippen LogP contribution in [0.2, 0.25) is 0 Å². The number of nitrogens with one attached hydrogen (secondary N) is 1. The van der Waals surface area contributed by atoms with Crippen molar-refractivity contribution in [2.75, 3.05) is 11.1 Å². The topological polar surface area (TPSA) is 87.0 Å². The molecule has 1 atom stereocenters. The van der Waals surface area contributed by atoms with Crippen molar-refractivity contribution < 1.29 is 13.2 Å². The number of hydrogen-bond acceptors (Lipinski definition) is 4. The van der Waals surface area contributed by atoms with Gasteiger partial charge in [0.25, 0.3) is 0 Å². The Hall–Kier alpha value is -1.87. The smallest absolute Gasteiger partial charge is 0.242 e. The third-order valence-electron chi connectivity index (χ3n) is 2.73. The van der Waals surface area contributed by atoms with Gasteiger partial charge in [0, 0.05) is 12.1 Å². The van der Waals surface area contributed by atoms with Crippen LogP contribution in [0, 0.1) is 18.3 Å². The summed E-state index contributed by atoms with van der Waals surface area (Å²) in [6.45, 7) is 3.25. The number of anilines is 1. The molecule has 1 aromatic carbocycles. The standard InChI is InChI=1S/C13H16N2O3S/c1-10-4-6-12(7-5-10)15-13(16)11(2)19(17,18)9-3-8-14/h4-7,11H,3,9H2,1-2H3,(H,15,16). The molecular weight excluding hydrogens is 264 g/mol. The molecule has 0 spiro atoms. The average Bonchev–Trinajstić information content (AvgIpc) is 2.38. The molecule has 0 aliphatic carbocycles. The van der Waals surface area contributed by atoms with Gasteiger partial charge in [-0.3, -0.25) is 4.79 Å². The van der Waals surface area contributed by atoms with Gasteiger partial charge >= 0.3 is 0 Å². The van der Waals surface area contributed by atoms with Crippen molar-refractivity contribution in [3.05, 3.63) is 29.8 Å². The van der Waals surface area contributed by atoms with Gasteiger partial charge in [0.2, 0.25) is 5.91 Å². The Balaban J connectivity index is 2.73. The maximum atomic E-state index is 11.8. The van der Waals surface area contributed by atoms with Crippen LogP contribution in [0.3, 0.4) is 0 Å². The van der Waals surface area contributed by atoms with Gasteiger partial charge in [0.15, 0.2) is 9.84 Å². The van der Waals surface area contributed by atoms with E-state index in [0.717, 1.165) is 5.56 Å². The number of amides is 1. The lowest BCUT2D eigenvalue weighted by Crippen LogP contribution is -2.34. The Labute approximate surface area is 113 Å². The number of nitriles is 1. The minimum atomic E-state index is -3.58. The van der Waals surface area contributed by atoms with Crippen molar-refractivity contribution in [2.24, 2.45) is 0 Å². The number of rotatable bonds is 5. The SMILES string of the molecule is Cc1ccc(NC(=O)C(C)S(=O)(=O)CCC#N)cc1. The molecule has 0 aliphatic heterocycles. The van der Waals surface area contributed by atoms with Crippen LogP contribution in [0.1, 0.15) is 18.9 Å². The van der Waals surface area contributed by atoms with Gasteiger partial charge in [-0.25, -0.2) is 8.42 Å². The molecule has 102 valence electrons. The maximum Gasteiger partial charge on any atom is 0.242 e. The number of hydrogen-bond donors (Lipinski definition) is 1. The van der Waals surface area contributed by atoms with Gasteiger partial charge in [0.1, 0.15) is 5.25 Å². The van der Waals surface area contributed by atoms with E-state index in [1.807, 2.05) is 19.1 Å². The van der Waals surface area contributed by atoms with Crippen LogP contribution in [-0.4, -0.2) is 25.3 Å². The zero-order valence-corrected chi connectivity index (χ0v) is 11.7. The van der Waals surface area contributed by atoms with Gasteiger partial charge < -0.3 is 5.32 Å². The van der Waals surface area contributed by atoms with Crippen LogP contribution in [0.15, 0.2) is 24.3 Å². The Morgan fingerprint density at radius 1 is 1.37 bits per heavy atom. The van der Waals surface area contributed by atoms with E-state index < -0.39 is 21.0 Å². The van der Waals surface area contributed by atoms with Crippen LogP contribution in [-0.2, 0) is 14.6 Å². The van der Waals surface area contributed by atoms with E-state index in [1.165, 1.54) is 6.92 Å². The first-order chi connectivity index (χ1) is 8.86. The van der Waals surface area contributed by atoms with Crippen molar-refractivity contribution >= 4 is 21.4 Å². The van der Waals surface area contributed by atoms with E-state index in [9.17, 15) is 13.2 Å². The number of sulfone groups is 1. The molecule has 1 aromatic rings. The van der Waals surface area contributed by atoms with Crippen LogP contribution in [0.5, 0.6) is 0 Å². The van der Waals surface area contributed by atoms with Gasteiger partial charge in [-0.2, -0.15) is 5.26 Å². The van der Waals surface area contributed by atoms with E-state index in [4.69, 9.17) is 5.26 Å². The molecule has 0 saturated carbocycles. The molecule has 0 aromatic heterocycles. The summed E-state index contributed by atoms with van der Waals surface area (Å²) in [7, 11) is -3.58. The number of benzene rings is 1. The van der Waals surface area contributed by atoms with Crippen molar-refractivity contribution in [3.8, 4) is 6.07 Å². The summed E-state index contributed by atoms with van der Waals surface area (Å²) < 4.78 is 23.5. The van der Waals surface area contributed by atoms with Gasteiger partial charge in [-0.05, 0) is 26.0 Å². The molecule has 1 unspecified atom stereocenters. The predicted octanol–water partition coefficient (Wildman–Crippen LogP) is 1.65. The number of carbonyl (C=O) groups excluding carboxylic acids is 1. The molecule has 0 heterocycles. The fraction of sp³-hybridized carbons (Fsp3) is 0.385. The molecule has 6 heteroatoms. The van der Waals surface area contributed by atoms with Crippen LogP contribution in [0.4, 0.5) is 5.69 Å². The highest BCUT2D eigenvalue weighted by Crippen LogP contribution is 2.11. The summed E-state index contributed by atoms with van der Waals surface area (Å²) in [5, 5.41) is 9.78. The van der Waals surface area contributed by atoms with Crippen LogP contribution >= 0.6 is 0 Å². The first kappa shape index (κ1) is 15.2. The Morgan fingerprint density at radius 3 is 2.47 bits per heavy atom. The van der Waals surface area contributed by atoms with E-state index in [0.29, 0.717) is 5.69 Å². The van der Waals surface area contributed by atoms with Crippen molar-refractivity contribution in [2.45, 2.75) is 25.5 Å². The fourth-order valence-corrected chi connectivity index (χ4v) is 2.52. The number of nitrogens with zero attached hydrogens (tertiary/aromatic N) is 1. The first-order valence-electron chi connectivity index (χ1n) is 5.83. The summed E-state index contributed by atoms with van der Waals surface area (Å²) in [6.07, 6.45) is -0.107. The molecule has 1 rings (SSSR count). The highest BCUT2D eigenvalue weighted by atomic mass is 32.2. The number of aryl methyl sites for hydroxylation is 1. The minimum absolute atomic E-state index is 0.107. The summed E-state index contributed by atoms with van der Waals surface area (Å²) in [5.74, 6) is -0.881. The van der Waals surface area contributed by atoms with Crippen LogP contribution < -0.4 is 5.32 Å². The molecule has 0 aliphatic rings. The first-order valence-corrected chi connectivity index (χ1v) is 7.54. The summed E-state index contributed by atoms with van der Waals surface area (Å²) in [4.78, 5) is 11.8. The van der Waals surface area contributed by atoms with Gasteiger partial charge in [-0.15, -0.1) is 0 Å². The zero-order valence-electron chi connectivity index (χ0n) is 10.9. The van der Waals surface area contributed by atoms with Crippen molar-refractivity contribution in [3.63, 3.8) is 0 Å². The average molecular weight is 280 g/mol. The van der Waals surface area contributed by atoms with Crippen molar-refractivity contribution in [1.82, 2.24) is 0 Å². The normalized spacial score (nSPS) is 12.5. The molecule has 1 amide bonds. The summed E-state index contributed by atoms with van der Waals surface area (Å²) in [5.41, 5.74) is 1.60. The van der Waals surface area contributed by atoms with E-state index in [-0.39, 0.29) is 12.2 Å². The fourth-order valence-electron chi connectivity index (χ4n) is 1.41. The van der Waals surface area contributed by atoms with Crippen LogP contribution in [0.25, 0.3) is 0 Å². The van der Waals surface area contributed by atoms with E-state index >= 15 is 0 Å². The second-order valence-electron chi connectivity index (χ2n) is 4.27.